The SMILES string of the molecule is C[NH+]1CC[NH+](CCCNC(=O)/C=C/c2cn(-c3ccccc3)nc2-c2ccccc2)CC1. The molecule has 0 atom stereocenters. The minimum Gasteiger partial charge on any atom is -0.352 e. The number of likely N-dealkylation sites (N-methyl/N-ethyl adjacent to an activating group) is 1. The second-order valence-electron chi connectivity index (χ2n) is 8.51. The molecule has 1 aliphatic rings. The van der Waals surface area contributed by atoms with Crippen molar-refractivity contribution >= 4 is 12.0 Å². The number of amides is 1. The molecule has 32 heavy (non-hydrogen) atoms. The van der Waals surface area contributed by atoms with Crippen LogP contribution in [0, 0.1) is 0 Å². The molecule has 1 aliphatic heterocycles. The van der Waals surface area contributed by atoms with Gasteiger partial charge in [-0.15, -0.1) is 0 Å². The summed E-state index contributed by atoms with van der Waals surface area (Å²) in [5, 5.41) is 7.82. The molecule has 3 N–H and O–H groups in total. The van der Waals surface area contributed by atoms with Crippen LogP contribution in [-0.2, 0) is 4.79 Å². The fraction of sp³-hybridized carbons (Fsp3) is 0.308. The Kier molecular flexibility index (Phi) is 7.48. The minimum absolute atomic E-state index is 0.0608. The van der Waals surface area contributed by atoms with E-state index in [4.69, 9.17) is 5.10 Å². The average Bonchev–Trinajstić information content (AvgIpc) is 3.27. The van der Waals surface area contributed by atoms with E-state index in [1.807, 2.05) is 77.6 Å². The third-order valence-corrected chi connectivity index (χ3v) is 6.04. The highest BCUT2D eigenvalue weighted by molar-refractivity contribution is 5.92. The lowest BCUT2D eigenvalue weighted by atomic mass is 10.1. The van der Waals surface area contributed by atoms with Crippen LogP contribution in [0.3, 0.4) is 0 Å². The molecule has 0 unspecified atom stereocenters. The fourth-order valence-electron chi connectivity index (χ4n) is 4.10. The predicted molar refractivity (Wildman–Crippen MR) is 128 cm³/mol. The molecule has 3 aromatic rings. The Hall–Kier alpha value is -3.22. The highest BCUT2D eigenvalue weighted by Crippen LogP contribution is 2.24. The van der Waals surface area contributed by atoms with Crippen LogP contribution >= 0.6 is 0 Å². The molecular formula is C26H33N5O+2. The maximum Gasteiger partial charge on any atom is 0.244 e. The average molecular weight is 432 g/mol. The number of quaternary nitrogens is 2. The molecule has 0 aliphatic carbocycles. The number of carbonyl (C=O) groups excluding carboxylic acids is 1. The first-order chi connectivity index (χ1) is 15.7. The van der Waals surface area contributed by atoms with Crippen LogP contribution in [0.5, 0.6) is 0 Å². The van der Waals surface area contributed by atoms with Gasteiger partial charge < -0.3 is 15.1 Å². The Bertz CT molecular complexity index is 1020. The van der Waals surface area contributed by atoms with Gasteiger partial charge in [0.05, 0.1) is 25.0 Å². The van der Waals surface area contributed by atoms with E-state index < -0.39 is 0 Å². The van der Waals surface area contributed by atoms with Crippen LogP contribution in [0.2, 0.25) is 0 Å². The van der Waals surface area contributed by atoms with Crippen LogP contribution in [0.25, 0.3) is 23.0 Å². The predicted octanol–water partition coefficient (Wildman–Crippen LogP) is 0.472. The zero-order chi connectivity index (χ0) is 22.2. The van der Waals surface area contributed by atoms with Gasteiger partial charge in [0.2, 0.25) is 5.91 Å². The van der Waals surface area contributed by atoms with Gasteiger partial charge in [-0.3, -0.25) is 4.79 Å². The van der Waals surface area contributed by atoms with E-state index in [0.717, 1.165) is 35.5 Å². The first kappa shape index (κ1) is 22.0. The molecule has 6 nitrogen and oxygen atoms in total. The molecule has 2 aromatic carbocycles. The highest BCUT2D eigenvalue weighted by Gasteiger charge is 2.19. The van der Waals surface area contributed by atoms with E-state index >= 15 is 0 Å². The molecule has 0 radical (unpaired) electrons. The zero-order valence-corrected chi connectivity index (χ0v) is 18.8. The topological polar surface area (TPSA) is 55.8 Å². The summed E-state index contributed by atoms with van der Waals surface area (Å²) in [6.45, 7) is 6.78. The van der Waals surface area contributed by atoms with Crippen LogP contribution in [-0.4, -0.2) is 62.0 Å². The summed E-state index contributed by atoms with van der Waals surface area (Å²) < 4.78 is 1.86. The lowest BCUT2D eigenvalue weighted by Crippen LogP contribution is -3.27. The lowest BCUT2D eigenvalue weighted by molar-refractivity contribution is -1.00. The second kappa shape index (κ2) is 10.9. The highest BCUT2D eigenvalue weighted by atomic mass is 16.1. The zero-order valence-electron chi connectivity index (χ0n) is 18.8. The summed E-state index contributed by atoms with van der Waals surface area (Å²) in [6.07, 6.45) is 6.46. The van der Waals surface area contributed by atoms with Crippen LogP contribution < -0.4 is 15.1 Å². The van der Waals surface area contributed by atoms with Gasteiger partial charge in [-0.1, -0.05) is 48.5 Å². The quantitative estimate of drug-likeness (QED) is 0.359. The van der Waals surface area contributed by atoms with E-state index in [-0.39, 0.29) is 5.91 Å². The van der Waals surface area contributed by atoms with Crippen molar-refractivity contribution in [2.45, 2.75) is 6.42 Å². The van der Waals surface area contributed by atoms with Gasteiger partial charge >= 0.3 is 0 Å². The first-order valence-corrected chi connectivity index (χ1v) is 11.5. The van der Waals surface area contributed by atoms with Gasteiger partial charge in [-0.05, 0) is 18.2 Å². The van der Waals surface area contributed by atoms with E-state index in [9.17, 15) is 4.79 Å². The molecule has 1 fully saturated rings. The number of hydrogen-bond acceptors (Lipinski definition) is 2. The Labute approximate surface area is 190 Å². The molecule has 4 rings (SSSR count). The molecule has 6 heteroatoms. The summed E-state index contributed by atoms with van der Waals surface area (Å²) in [4.78, 5) is 15.7. The third kappa shape index (κ3) is 5.93. The molecule has 1 amide bonds. The number of hydrogen-bond donors (Lipinski definition) is 3. The third-order valence-electron chi connectivity index (χ3n) is 6.04. The van der Waals surface area contributed by atoms with Gasteiger partial charge in [0, 0.05) is 36.4 Å². The molecule has 0 spiro atoms. The van der Waals surface area contributed by atoms with Crippen molar-refractivity contribution in [2.75, 3.05) is 46.3 Å². The molecule has 166 valence electrons. The van der Waals surface area contributed by atoms with E-state index in [2.05, 4.69) is 12.4 Å². The number of nitrogens with zero attached hydrogens (tertiary/aromatic N) is 2. The van der Waals surface area contributed by atoms with Crippen molar-refractivity contribution in [3.05, 3.63) is 78.5 Å². The standard InChI is InChI=1S/C26H31N5O/c1-29-17-19-30(20-18-29)16-8-15-27-25(32)14-13-23-21-31(24-11-6-3-7-12-24)28-26(23)22-9-4-2-5-10-22/h2-7,9-14,21H,8,15-20H2,1H3,(H,27,32)/p+2/b14-13+. The van der Waals surface area contributed by atoms with Gasteiger partial charge in [-0.2, -0.15) is 5.10 Å². The molecule has 0 bridgehead atoms. The monoisotopic (exact) mass is 431 g/mol. The van der Waals surface area contributed by atoms with Gasteiger partial charge in [0.25, 0.3) is 0 Å². The Morgan fingerprint density at radius 3 is 2.44 bits per heavy atom. The van der Waals surface area contributed by atoms with Crippen molar-refractivity contribution in [1.29, 1.82) is 0 Å². The van der Waals surface area contributed by atoms with Crippen LogP contribution in [0.15, 0.2) is 72.9 Å². The normalized spacial score (nSPS) is 18.7. The first-order valence-electron chi connectivity index (χ1n) is 11.5. The number of nitrogens with one attached hydrogen (secondary N) is 3. The summed E-state index contributed by atoms with van der Waals surface area (Å²) in [5.41, 5.74) is 3.79. The van der Waals surface area contributed by atoms with Crippen molar-refractivity contribution in [1.82, 2.24) is 15.1 Å². The van der Waals surface area contributed by atoms with Gasteiger partial charge in [0.1, 0.15) is 26.2 Å². The number of para-hydroxylation sites is 1. The van der Waals surface area contributed by atoms with Crippen LogP contribution in [0.1, 0.15) is 12.0 Å². The fourth-order valence-corrected chi connectivity index (χ4v) is 4.10. The Morgan fingerprint density at radius 1 is 1.03 bits per heavy atom. The molecule has 1 saturated heterocycles. The lowest BCUT2D eigenvalue weighted by Gasteiger charge is -2.27. The Balaban J connectivity index is 1.38. The van der Waals surface area contributed by atoms with E-state index in [1.165, 1.54) is 26.2 Å². The summed E-state index contributed by atoms with van der Waals surface area (Å²) >= 11 is 0. The summed E-state index contributed by atoms with van der Waals surface area (Å²) in [7, 11) is 2.26. The number of carbonyl (C=O) groups is 1. The maximum absolute atomic E-state index is 12.4. The minimum atomic E-state index is -0.0608. The summed E-state index contributed by atoms with van der Waals surface area (Å²) in [5.74, 6) is -0.0608. The number of aromatic nitrogens is 2. The second-order valence-corrected chi connectivity index (χ2v) is 8.51. The molecule has 1 aromatic heterocycles. The van der Waals surface area contributed by atoms with Crippen molar-refractivity contribution in [3.8, 4) is 16.9 Å². The maximum atomic E-state index is 12.4. The number of benzene rings is 2. The van der Waals surface area contributed by atoms with Gasteiger partial charge in [-0.25, -0.2) is 4.68 Å². The largest absolute Gasteiger partial charge is 0.352 e. The molecule has 0 saturated carbocycles. The van der Waals surface area contributed by atoms with E-state index in [0.29, 0.717) is 6.54 Å². The number of piperazine rings is 1. The Morgan fingerprint density at radius 2 is 1.72 bits per heavy atom. The smallest absolute Gasteiger partial charge is 0.244 e. The van der Waals surface area contributed by atoms with Gasteiger partial charge in [0.15, 0.2) is 0 Å². The number of rotatable bonds is 8. The molecular weight excluding hydrogens is 398 g/mol. The van der Waals surface area contributed by atoms with Crippen molar-refractivity contribution in [3.63, 3.8) is 0 Å². The molecule has 2 heterocycles. The van der Waals surface area contributed by atoms with Crippen LogP contribution in [0.4, 0.5) is 0 Å². The summed E-state index contributed by atoms with van der Waals surface area (Å²) in [6, 6.07) is 20.1. The van der Waals surface area contributed by atoms with Crippen molar-refractivity contribution < 1.29 is 14.6 Å². The van der Waals surface area contributed by atoms with Crippen molar-refractivity contribution in [2.24, 2.45) is 0 Å². The van der Waals surface area contributed by atoms with E-state index in [1.54, 1.807) is 15.9 Å².